The Morgan fingerprint density at radius 3 is 2.85 bits per heavy atom. The maximum atomic E-state index is 12.2. The third-order valence-electron chi connectivity index (χ3n) is 3.38. The minimum Gasteiger partial charge on any atom is -0.477 e. The van der Waals surface area contributed by atoms with Crippen molar-refractivity contribution in [2.24, 2.45) is 0 Å². The summed E-state index contributed by atoms with van der Waals surface area (Å²) in [6, 6.07) is 1.16. The van der Waals surface area contributed by atoms with Crippen molar-refractivity contribution in [3.63, 3.8) is 0 Å². The molecule has 20 heavy (non-hydrogen) atoms. The van der Waals surface area contributed by atoms with Crippen LogP contribution in [0.2, 0.25) is 0 Å². The second-order valence-electron chi connectivity index (χ2n) is 4.79. The van der Waals surface area contributed by atoms with E-state index in [0.717, 1.165) is 37.0 Å². The standard InChI is InChI=1S/C12H17NO4S3/c1-18-9-4-2-3-8(5-9)13-20(16,17)10-6-11(12(14)15)19-7-10/h6-9,13H,2-5H2,1H3,(H,14,15). The van der Waals surface area contributed by atoms with Gasteiger partial charge >= 0.3 is 5.97 Å². The van der Waals surface area contributed by atoms with E-state index in [2.05, 4.69) is 4.72 Å². The van der Waals surface area contributed by atoms with Crippen molar-refractivity contribution in [2.45, 2.75) is 41.9 Å². The number of rotatable bonds is 5. The molecule has 0 aromatic carbocycles. The molecule has 0 saturated heterocycles. The van der Waals surface area contributed by atoms with Gasteiger partial charge in [-0.15, -0.1) is 11.3 Å². The first kappa shape index (κ1) is 15.8. The molecule has 0 spiro atoms. The molecule has 5 nitrogen and oxygen atoms in total. The molecule has 1 aromatic rings. The number of thiophene rings is 1. The normalized spacial score (nSPS) is 23.6. The van der Waals surface area contributed by atoms with Crippen LogP contribution in [0.15, 0.2) is 16.3 Å². The molecule has 1 aliphatic rings. The molecule has 2 atom stereocenters. The van der Waals surface area contributed by atoms with Crippen molar-refractivity contribution in [2.75, 3.05) is 6.26 Å². The number of nitrogens with one attached hydrogen (secondary N) is 1. The highest BCUT2D eigenvalue weighted by Crippen LogP contribution is 2.28. The fourth-order valence-corrected chi connectivity index (χ4v) is 5.55. The van der Waals surface area contributed by atoms with E-state index < -0.39 is 16.0 Å². The van der Waals surface area contributed by atoms with E-state index in [9.17, 15) is 13.2 Å². The zero-order valence-corrected chi connectivity index (χ0v) is 13.5. The van der Waals surface area contributed by atoms with Crippen LogP contribution in [0.3, 0.4) is 0 Å². The van der Waals surface area contributed by atoms with Crippen molar-refractivity contribution in [1.29, 1.82) is 0 Å². The molecule has 0 radical (unpaired) electrons. The zero-order valence-electron chi connectivity index (χ0n) is 11.0. The molecule has 112 valence electrons. The molecule has 8 heteroatoms. The molecule has 0 aliphatic heterocycles. The second-order valence-corrected chi connectivity index (χ2v) is 8.56. The summed E-state index contributed by atoms with van der Waals surface area (Å²) in [5.74, 6) is -1.10. The van der Waals surface area contributed by atoms with E-state index in [0.29, 0.717) is 5.25 Å². The van der Waals surface area contributed by atoms with Gasteiger partial charge in [0.1, 0.15) is 4.88 Å². The van der Waals surface area contributed by atoms with Gasteiger partial charge < -0.3 is 5.11 Å². The number of hydrogen-bond donors (Lipinski definition) is 2. The molecule has 2 N–H and O–H groups in total. The molecule has 1 aromatic heterocycles. The van der Waals surface area contributed by atoms with E-state index in [1.54, 1.807) is 11.8 Å². The summed E-state index contributed by atoms with van der Waals surface area (Å²) >= 11 is 2.70. The molecule has 1 fully saturated rings. The van der Waals surface area contributed by atoms with E-state index in [4.69, 9.17) is 5.11 Å². The Hall–Kier alpha value is -0.570. The first-order valence-electron chi connectivity index (χ1n) is 6.29. The number of thioether (sulfide) groups is 1. The minimum atomic E-state index is -3.62. The predicted molar refractivity (Wildman–Crippen MR) is 81.2 cm³/mol. The molecule has 0 bridgehead atoms. The van der Waals surface area contributed by atoms with Gasteiger partial charge in [-0.05, 0) is 31.6 Å². The van der Waals surface area contributed by atoms with Gasteiger partial charge in [-0.1, -0.05) is 6.42 Å². The lowest BCUT2D eigenvalue weighted by molar-refractivity contribution is 0.0702. The van der Waals surface area contributed by atoms with Crippen LogP contribution in [0.25, 0.3) is 0 Å². The van der Waals surface area contributed by atoms with Crippen molar-refractivity contribution < 1.29 is 18.3 Å². The third-order valence-corrected chi connectivity index (χ3v) is 7.04. The van der Waals surface area contributed by atoms with Crippen LogP contribution >= 0.6 is 23.1 Å². The van der Waals surface area contributed by atoms with E-state index in [-0.39, 0.29) is 15.8 Å². The van der Waals surface area contributed by atoms with Crippen molar-refractivity contribution in [3.8, 4) is 0 Å². The van der Waals surface area contributed by atoms with Gasteiger partial charge in [-0.3, -0.25) is 0 Å². The van der Waals surface area contributed by atoms with Crippen molar-refractivity contribution in [1.82, 2.24) is 4.72 Å². The minimum absolute atomic E-state index is 0.0380. The molecule has 1 heterocycles. The Bertz CT molecular complexity index is 581. The topological polar surface area (TPSA) is 83.5 Å². The maximum absolute atomic E-state index is 12.2. The maximum Gasteiger partial charge on any atom is 0.345 e. The first-order chi connectivity index (χ1) is 9.42. The van der Waals surface area contributed by atoms with E-state index in [1.165, 1.54) is 11.4 Å². The van der Waals surface area contributed by atoms with Gasteiger partial charge in [0.25, 0.3) is 0 Å². The second kappa shape index (κ2) is 6.46. The van der Waals surface area contributed by atoms with Crippen LogP contribution in [0.4, 0.5) is 0 Å². The van der Waals surface area contributed by atoms with Crippen LogP contribution in [-0.2, 0) is 10.0 Å². The van der Waals surface area contributed by atoms with Crippen LogP contribution < -0.4 is 4.72 Å². The molecule has 2 unspecified atom stereocenters. The zero-order chi connectivity index (χ0) is 14.8. The third kappa shape index (κ3) is 3.75. The van der Waals surface area contributed by atoms with Crippen LogP contribution in [0.5, 0.6) is 0 Å². The van der Waals surface area contributed by atoms with Crippen molar-refractivity contribution in [3.05, 3.63) is 16.3 Å². The van der Waals surface area contributed by atoms with Crippen LogP contribution in [0, 0.1) is 0 Å². The Kier molecular flexibility index (Phi) is 5.11. The summed E-state index contributed by atoms with van der Waals surface area (Å²) in [5.41, 5.74) is 0. The molecule has 1 aliphatic carbocycles. The Balaban J connectivity index is 2.08. The quantitative estimate of drug-likeness (QED) is 0.863. The Morgan fingerprint density at radius 2 is 2.25 bits per heavy atom. The lowest BCUT2D eigenvalue weighted by Gasteiger charge is -2.28. The predicted octanol–water partition coefficient (Wildman–Crippen LogP) is 2.40. The summed E-state index contributed by atoms with van der Waals surface area (Å²) in [7, 11) is -3.62. The monoisotopic (exact) mass is 335 g/mol. The number of carboxylic acid groups (broad SMARTS) is 1. The average Bonchev–Trinajstić information content (AvgIpc) is 2.89. The Morgan fingerprint density at radius 1 is 1.50 bits per heavy atom. The smallest absolute Gasteiger partial charge is 0.345 e. The van der Waals surface area contributed by atoms with Crippen LogP contribution in [0.1, 0.15) is 35.4 Å². The highest BCUT2D eigenvalue weighted by atomic mass is 32.2. The average molecular weight is 335 g/mol. The van der Waals surface area contributed by atoms with Gasteiger partial charge in [0, 0.05) is 16.7 Å². The summed E-state index contributed by atoms with van der Waals surface area (Å²) in [4.78, 5) is 10.9. The Labute approximate surface area is 126 Å². The summed E-state index contributed by atoms with van der Waals surface area (Å²) < 4.78 is 27.2. The number of aromatic carboxylic acids is 1. The van der Waals surface area contributed by atoms with Gasteiger partial charge in [-0.2, -0.15) is 11.8 Å². The number of hydrogen-bond acceptors (Lipinski definition) is 5. The van der Waals surface area contributed by atoms with E-state index in [1.807, 2.05) is 6.26 Å². The molecule has 2 rings (SSSR count). The van der Waals surface area contributed by atoms with E-state index >= 15 is 0 Å². The SMILES string of the molecule is CSC1CCCC(NS(=O)(=O)c2csc(C(=O)O)c2)C1. The summed E-state index contributed by atoms with van der Waals surface area (Å²) in [5, 5.41) is 10.7. The highest BCUT2D eigenvalue weighted by molar-refractivity contribution is 7.99. The summed E-state index contributed by atoms with van der Waals surface area (Å²) in [6.07, 6.45) is 5.85. The lowest BCUT2D eigenvalue weighted by atomic mass is 9.96. The molecular weight excluding hydrogens is 318 g/mol. The van der Waals surface area contributed by atoms with Gasteiger partial charge in [-0.25, -0.2) is 17.9 Å². The fraction of sp³-hybridized carbons (Fsp3) is 0.583. The van der Waals surface area contributed by atoms with Crippen LogP contribution in [-0.4, -0.2) is 37.0 Å². The fourth-order valence-electron chi connectivity index (χ4n) is 2.33. The lowest BCUT2D eigenvalue weighted by Crippen LogP contribution is -2.38. The first-order valence-corrected chi connectivity index (χ1v) is 9.94. The summed E-state index contributed by atoms with van der Waals surface area (Å²) in [6.45, 7) is 0. The van der Waals surface area contributed by atoms with Crippen molar-refractivity contribution >= 4 is 39.1 Å². The van der Waals surface area contributed by atoms with Gasteiger partial charge in [0.05, 0.1) is 4.90 Å². The molecular formula is C12H17NO4S3. The van der Waals surface area contributed by atoms with Gasteiger partial charge in [0.2, 0.25) is 10.0 Å². The highest BCUT2D eigenvalue weighted by Gasteiger charge is 2.27. The molecule has 0 amide bonds. The molecule has 1 saturated carbocycles. The number of carboxylic acids is 1. The van der Waals surface area contributed by atoms with Gasteiger partial charge in [0.15, 0.2) is 0 Å². The number of carbonyl (C=O) groups is 1. The largest absolute Gasteiger partial charge is 0.477 e. The number of sulfonamides is 1.